The van der Waals surface area contributed by atoms with Crippen LogP contribution < -0.4 is 10.6 Å². The second-order valence-electron chi connectivity index (χ2n) is 9.42. The molecule has 1 aromatic heterocycles. The average Bonchev–Trinajstić information content (AvgIpc) is 3.41. The van der Waals surface area contributed by atoms with Gasteiger partial charge in [-0.1, -0.05) is 5.21 Å². The lowest BCUT2D eigenvalue weighted by molar-refractivity contribution is -0.144. The van der Waals surface area contributed by atoms with Crippen LogP contribution in [0.3, 0.4) is 0 Å². The van der Waals surface area contributed by atoms with Gasteiger partial charge in [-0.15, -0.1) is 5.10 Å². The summed E-state index contributed by atoms with van der Waals surface area (Å²) in [7, 11) is 0. The number of urea groups is 1. The quantitative estimate of drug-likeness (QED) is 0.0732. The van der Waals surface area contributed by atoms with Crippen LogP contribution in [-0.4, -0.2) is 134 Å². The van der Waals surface area contributed by atoms with Crippen molar-refractivity contribution in [2.75, 3.05) is 46.2 Å². The maximum absolute atomic E-state index is 12.7. The number of carboxylic acid groups (broad SMARTS) is 4. The lowest BCUT2D eigenvalue weighted by Crippen LogP contribution is -2.51. The largest absolute Gasteiger partial charge is 0.481 e. The molecule has 3 amide bonds. The van der Waals surface area contributed by atoms with Crippen molar-refractivity contribution in [3.8, 4) is 0 Å². The number of rotatable bonds is 25. The minimum atomic E-state index is -1.54. The number of hydrogen-bond acceptors (Lipinski definition) is 10. The van der Waals surface area contributed by atoms with Crippen LogP contribution in [0.1, 0.15) is 44.2 Å². The Labute approximate surface area is 251 Å². The van der Waals surface area contributed by atoms with E-state index < -0.39 is 74.0 Å². The summed E-state index contributed by atoms with van der Waals surface area (Å²) in [6, 6.07) is -4.07. The predicted octanol–water partition coefficient (Wildman–Crippen LogP) is -0.633. The number of aryl methyl sites for hydroxylation is 1. The molecule has 0 aliphatic carbocycles. The number of carbonyl (C=O) groups is 6. The number of hydrogen-bond donors (Lipinski definition) is 6. The monoisotopic (exact) mass is 634 g/mol. The number of unbranched alkanes of at least 4 members (excludes halogenated alkanes) is 1. The number of alkyl halides is 1. The molecule has 19 heteroatoms. The molecule has 0 saturated carbocycles. The fourth-order valence-corrected chi connectivity index (χ4v) is 3.74. The molecular weight excluding hydrogens is 595 g/mol. The van der Waals surface area contributed by atoms with E-state index in [1.165, 1.54) is 4.68 Å². The number of nitrogens with one attached hydrogen (secondary N) is 2. The maximum atomic E-state index is 12.7. The summed E-state index contributed by atoms with van der Waals surface area (Å²) in [6.45, 7) is 0.125. The molecule has 0 aliphatic rings. The van der Waals surface area contributed by atoms with Crippen LogP contribution >= 0.6 is 0 Å². The zero-order chi connectivity index (χ0) is 32.9. The molecular formula is C25H39FN6O12. The third-order valence-electron chi connectivity index (χ3n) is 5.94. The molecule has 1 rings (SSSR count). The Morgan fingerprint density at radius 2 is 1.50 bits per heavy atom. The van der Waals surface area contributed by atoms with Crippen molar-refractivity contribution in [2.45, 2.75) is 63.6 Å². The summed E-state index contributed by atoms with van der Waals surface area (Å²) < 4.78 is 23.8. The number of halogens is 1. The molecule has 0 unspecified atom stereocenters. The third kappa shape index (κ3) is 16.9. The van der Waals surface area contributed by atoms with E-state index in [-0.39, 0.29) is 51.9 Å². The van der Waals surface area contributed by atoms with Gasteiger partial charge in [-0.3, -0.25) is 14.4 Å². The number of aromatic nitrogens is 3. The highest BCUT2D eigenvalue weighted by atomic mass is 19.1. The van der Waals surface area contributed by atoms with Gasteiger partial charge in [0.05, 0.1) is 38.7 Å². The first-order chi connectivity index (χ1) is 20.9. The molecule has 0 fully saturated rings. The number of carbonyl (C=O) groups excluding carboxylic acids is 2. The fourth-order valence-electron chi connectivity index (χ4n) is 3.74. The van der Waals surface area contributed by atoms with Gasteiger partial charge in [0.15, 0.2) is 0 Å². The molecule has 0 radical (unpaired) electrons. The SMILES string of the molecule is O=C(O)CC[C@H](NC(=O)N[C@@H](CCCCN(CC(=O)O)C(=O)CCc1cn(CCOCCOCCF)nn1)C(=O)O)C(=O)O. The smallest absolute Gasteiger partial charge is 0.326 e. The topological polar surface area (TPSA) is 260 Å². The van der Waals surface area contributed by atoms with Crippen LogP contribution in [0.15, 0.2) is 6.20 Å². The Kier molecular flexibility index (Phi) is 18.2. The van der Waals surface area contributed by atoms with Gasteiger partial charge >= 0.3 is 29.9 Å². The highest BCUT2D eigenvalue weighted by molar-refractivity contribution is 5.86. The molecule has 18 nitrogen and oxygen atoms in total. The molecule has 0 bridgehead atoms. The van der Waals surface area contributed by atoms with Crippen molar-refractivity contribution < 1.29 is 63.1 Å². The van der Waals surface area contributed by atoms with E-state index in [0.717, 1.165) is 4.90 Å². The van der Waals surface area contributed by atoms with E-state index in [1.807, 2.05) is 5.32 Å². The maximum Gasteiger partial charge on any atom is 0.326 e. The number of carboxylic acids is 4. The van der Waals surface area contributed by atoms with E-state index in [0.29, 0.717) is 25.5 Å². The molecule has 0 spiro atoms. The molecule has 6 N–H and O–H groups in total. The number of nitrogens with zero attached hydrogens (tertiary/aromatic N) is 4. The summed E-state index contributed by atoms with van der Waals surface area (Å²) in [6.07, 6.45) is 1.09. The Hall–Kier alpha value is -4.39. The van der Waals surface area contributed by atoms with Gasteiger partial charge in [0.25, 0.3) is 0 Å². The zero-order valence-electron chi connectivity index (χ0n) is 24.1. The van der Waals surface area contributed by atoms with E-state index in [2.05, 4.69) is 15.6 Å². The van der Waals surface area contributed by atoms with Gasteiger partial charge in [-0.05, 0) is 25.7 Å². The first-order valence-corrected chi connectivity index (χ1v) is 13.8. The molecule has 0 aromatic carbocycles. The first-order valence-electron chi connectivity index (χ1n) is 13.8. The van der Waals surface area contributed by atoms with Crippen LogP contribution in [0.4, 0.5) is 9.18 Å². The second-order valence-corrected chi connectivity index (χ2v) is 9.42. The predicted molar refractivity (Wildman–Crippen MR) is 145 cm³/mol. The molecule has 1 aromatic rings. The van der Waals surface area contributed by atoms with Crippen LogP contribution in [0.5, 0.6) is 0 Å². The lowest BCUT2D eigenvalue weighted by atomic mass is 10.1. The van der Waals surface area contributed by atoms with E-state index in [9.17, 15) is 43.4 Å². The lowest BCUT2D eigenvalue weighted by Gasteiger charge is -2.21. The summed E-state index contributed by atoms with van der Waals surface area (Å²) >= 11 is 0. The molecule has 0 aliphatic heterocycles. The van der Waals surface area contributed by atoms with E-state index in [1.54, 1.807) is 6.20 Å². The van der Waals surface area contributed by atoms with Crippen molar-refractivity contribution in [2.24, 2.45) is 0 Å². The van der Waals surface area contributed by atoms with Crippen LogP contribution in [-0.2, 0) is 46.4 Å². The Morgan fingerprint density at radius 3 is 2.09 bits per heavy atom. The molecule has 0 saturated heterocycles. The summed E-state index contributed by atoms with van der Waals surface area (Å²) in [5, 5.41) is 48.5. The summed E-state index contributed by atoms with van der Waals surface area (Å²) in [4.78, 5) is 70.7. The average molecular weight is 635 g/mol. The van der Waals surface area contributed by atoms with Crippen LogP contribution in [0, 0.1) is 0 Å². The van der Waals surface area contributed by atoms with Crippen molar-refractivity contribution in [1.82, 2.24) is 30.5 Å². The number of aliphatic carboxylic acids is 4. The highest BCUT2D eigenvalue weighted by Crippen LogP contribution is 2.08. The summed E-state index contributed by atoms with van der Waals surface area (Å²) in [5.74, 6) is -5.86. The van der Waals surface area contributed by atoms with Gasteiger partial charge in [0, 0.05) is 32.0 Å². The minimum absolute atomic E-state index is 0.000974. The highest BCUT2D eigenvalue weighted by Gasteiger charge is 2.25. The molecule has 44 heavy (non-hydrogen) atoms. The first kappa shape index (κ1) is 37.6. The van der Waals surface area contributed by atoms with E-state index in [4.69, 9.17) is 19.7 Å². The van der Waals surface area contributed by atoms with Crippen LogP contribution in [0.25, 0.3) is 0 Å². The van der Waals surface area contributed by atoms with Crippen molar-refractivity contribution in [3.05, 3.63) is 11.9 Å². The van der Waals surface area contributed by atoms with Gasteiger partial charge < -0.3 is 45.4 Å². The minimum Gasteiger partial charge on any atom is -0.481 e. The van der Waals surface area contributed by atoms with Crippen molar-refractivity contribution >= 4 is 35.8 Å². The Balaban J connectivity index is 2.51. The standard InChI is InChI=1S/C25H39FN6O12/c26-8-11-43-13-14-44-12-10-32-15-17(29-30-32)4-6-20(33)31(16-22(36)37)9-2-1-3-18(23(38)39)27-25(42)28-19(24(40)41)5-7-21(34)35/h15,18-19H,1-14,16H2,(H,34,35)(H,36,37)(H,38,39)(H,40,41)(H2,27,28,42)/t18-,19-/m0/s1. The Bertz CT molecular complexity index is 1090. The fraction of sp³-hybridized carbons (Fsp3) is 0.680. The Morgan fingerprint density at radius 1 is 0.864 bits per heavy atom. The van der Waals surface area contributed by atoms with Gasteiger partial charge in [0.2, 0.25) is 5.91 Å². The molecule has 2 atom stereocenters. The number of amides is 3. The van der Waals surface area contributed by atoms with Crippen molar-refractivity contribution in [1.29, 1.82) is 0 Å². The number of ether oxygens (including phenoxy) is 2. The second kappa shape index (κ2) is 21.3. The van der Waals surface area contributed by atoms with Gasteiger partial charge in [-0.2, -0.15) is 0 Å². The van der Waals surface area contributed by atoms with Crippen LogP contribution in [0.2, 0.25) is 0 Å². The molecule has 248 valence electrons. The van der Waals surface area contributed by atoms with Gasteiger partial charge in [0.1, 0.15) is 25.3 Å². The zero-order valence-corrected chi connectivity index (χ0v) is 24.1. The van der Waals surface area contributed by atoms with Gasteiger partial charge in [-0.25, -0.2) is 23.5 Å². The van der Waals surface area contributed by atoms with E-state index >= 15 is 0 Å². The van der Waals surface area contributed by atoms with Crippen molar-refractivity contribution in [3.63, 3.8) is 0 Å². The normalized spacial score (nSPS) is 12.2. The summed E-state index contributed by atoms with van der Waals surface area (Å²) in [5.41, 5.74) is 0.502. The molecule has 1 heterocycles. The third-order valence-corrected chi connectivity index (χ3v) is 5.94.